The third-order valence-corrected chi connectivity index (χ3v) is 7.18. The van der Waals surface area contributed by atoms with Gasteiger partial charge in [-0.15, -0.1) is 0 Å². The molecule has 0 fully saturated rings. The quantitative estimate of drug-likeness (QED) is 0.166. The molecule has 10 heteroatoms. The van der Waals surface area contributed by atoms with Gasteiger partial charge in [-0.05, 0) is 29.9 Å². The first-order chi connectivity index (χ1) is 16.1. The molecule has 1 aromatic carbocycles. The number of hydrogen-bond acceptors (Lipinski definition) is 8. The number of allylic oxidation sites excluding steroid dienone is 2. The zero-order chi connectivity index (χ0) is 24.6. The molecular formula is C24H28N4O5S. The highest BCUT2D eigenvalue weighted by molar-refractivity contribution is 7.99. The van der Waals surface area contributed by atoms with Gasteiger partial charge in [0, 0.05) is 35.4 Å². The number of phenolic OH excluding ortho intramolecular Hbond substituents is 1. The lowest BCUT2D eigenvalue weighted by Crippen LogP contribution is -2.37. The first-order valence-corrected chi connectivity index (χ1v) is 12.4. The molecule has 2 aromatic rings. The molecule has 0 saturated heterocycles. The van der Waals surface area contributed by atoms with E-state index in [2.05, 4.69) is 22.2 Å². The number of carbonyl (C=O) groups is 1. The van der Waals surface area contributed by atoms with Gasteiger partial charge in [0.15, 0.2) is 16.7 Å². The van der Waals surface area contributed by atoms with E-state index in [9.17, 15) is 24.8 Å². The molecule has 1 unspecified atom stereocenters. The molecule has 4 rings (SSSR count). The van der Waals surface area contributed by atoms with Crippen molar-refractivity contribution in [3.63, 3.8) is 0 Å². The number of H-pyrrole nitrogens is 1. The highest BCUT2D eigenvalue weighted by Gasteiger charge is 2.42. The third-order valence-electron chi connectivity index (χ3n) is 6.22. The van der Waals surface area contributed by atoms with Gasteiger partial charge in [0.2, 0.25) is 0 Å². The Morgan fingerprint density at radius 3 is 2.74 bits per heavy atom. The van der Waals surface area contributed by atoms with Crippen LogP contribution in [0.1, 0.15) is 69.9 Å². The number of benzene rings is 1. The van der Waals surface area contributed by atoms with Crippen molar-refractivity contribution in [3.8, 4) is 5.75 Å². The fraction of sp³-hybridized carbons (Fsp3) is 0.458. The maximum atomic E-state index is 13.3. The molecule has 2 heterocycles. The second kappa shape index (κ2) is 9.25. The van der Waals surface area contributed by atoms with E-state index in [0.29, 0.717) is 40.6 Å². The van der Waals surface area contributed by atoms with E-state index in [1.54, 1.807) is 0 Å². The molecule has 2 aliphatic rings. The van der Waals surface area contributed by atoms with Crippen molar-refractivity contribution in [2.75, 3.05) is 11.1 Å². The fourth-order valence-electron chi connectivity index (χ4n) is 4.68. The Morgan fingerprint density at radius 2 is 2.03 bits per heavy atom. The number of aromatic nitrogens is 2. The maximum absolute atomic E-state index is 13.3. The lowest BCUT2D eigenvalue weighted by molar-refractivity contribution is -0.385. The van der Waals surface area contributed by atoms with Gasteiger partial charge >= 0.3 is 5.69 Å². The Balaban J connectivity index is 1.86. The van der Waals surface area contributed by atoms with Crippen LogP contribution in [0.5, 0.6) is 5.75 Å². The van der Waals surface area contributed by atoms with Gasteiger partial charge in [-0.25, -0.2) is 4.98 Å². The summed E-state index contributed by atoms with van der Waals surface area (Å²) in [5.41, 5.74) is 0.631. The number of aromatic amines is 1. The summed E-state index contributed by atoms with van der Waals surface area (Å²) in [6, 6.07) is 3.98. The number of rotatable bonds is 7. The van der Waals surface area contributed by atoms with Crippen molar-refractivity contribution in [1.29, 1.82) is 0 Å². The third kappa shape index (κ3) is 4.59. The summed E-state index contributed by atoms with van der Waals surface area (Å²) in [6.07, 6.45) is 4.08. The summed E-state index contributed by atoms with van der Waals surface area (Å²) in [4.78, 5) is 44.8. The molecule has 34 heavy (non-hydrogen) atoms. The van der Waals surface area contributed by atoms with Crippen LogP contribution in [0.25, 0.3) is 0 Å². The predicted octanol–water partition coefficient (Wildman–Crippen LogP) is 4.87. The number of fused-ring (bicyclic) bond motifs is 1. The Morgan fingerprint density at radius 1 is 1.26 bits per heavy atom. The SMILES string of the molecule is CCCCCSc1nc2c(c(=O)[nH]1)C(c1ccc(O)c([N+](=O)[O-])c1)C1=C(CC(C)(C)CC1=O)N2. The first-order valence-electron chi connectivity index (χ1n) is 11.4. The molecule has 0 saturated carbocycles. The summed E-state index contributed by atoms with van der Waals surface area (Å²) in [6.45, 7) is 6.14. The number of Topliss-reactive ketones (excluding diaryl/α,β-unsaturated/α-hetero) is 1. The molecule has 180 valence electrons. The lowest BCUT2D eigenvalue weighted by atomic mass is 9.69. The van der Waals surface area contributed by atoms with Gasteiger partial charge in [-0.3, -0.25) is 19.7 Å². The van der Waals surface area contributed by atoms with Crippen molar-refractivity contribution in [2.45, 2.75) is 63.9 Å². The molecule has 0 amide bonds. The number of ketones is 1. The Labute approximate surface area is 201 Å². The highest BCUT2D eigenvalue weighted by atomic mass is 32.2. The molecular weight excluding hydrogens is 456 g/mol. The number of nitrogens with zero attached hydrogens (tertiary/aromatic N) is 2. The molecule has 0 spiro atoms. The van der Waals surface area contributed by atoms with E-state index in [4.69, 9.17) is 0 Å². The van der Waals surface area contributed by atoms with Crippen molar-refractivity contribution in [3.05, 3.63) is 61.1 Å². The molecule has 1 aromatic heterocycles. The van der Waals surface area contributed by atoms with Crippen LogP contribution in [-0.2, 0) is 4.79 Å². The number of anilines is 1. The van der Waals surface area contributed by atoms with Gasteiger partial charge in [0.05, 0.1) is 10.5 Å². The topological polar surface area (TPSA) is 138 Å². The number of nitro benzene ring substituents is 1. The first kappa shape index (κ1) is 24.0. The Kier molecular flexibility index (Phi) is 6.53. The lowest BCUT2D eigenvalue weighted by Gasteiger charge is -2.38. The van der Waals surface area contributed by atoms with Crippen LogP contribution in [0.4, 0.5) is 11.5 Å². The van der Waals surface area contributed by atoms with Gasteiger partial charge < -0.3 is 15.4 Å². The van der Waals surface area contributed by atoms with Crippen LogP contribution in [0.2, 0.25) is 0 Å². The van der Waals surface area contributed by atoms with Crippen LogP contribution in [-0.4, -0.2) is 31.5 Å². The Hall–Kier alpha value is -3.14. The van der Waals surface area contributed by atoms with E-state index in [-0.39, 0.29) is 22.3 Å². The van der Waals surface area contributed by atoms with Crippen LogP contribution >= 0.6 is 11.8 Å². The molecule has 1 atom stereocenters. The van der Waals surface area contributed by atoms with E-state index in [0.717, 1.165) is 25.0 Å². The van der Waals surface area contributed by atoms with Crippen LogP contribution < -0.4 is 10.9 Å². The van der Waals surface area contributed by atoms with Gasteiger partial charge in [0.1, 0.15) is 5.82 Å². The van der Waals surface area contributed by atoms with Gasteiger partial charge in [-0.1, -0.05) is 51.4 Å². The summed E-state index contributed by atoms with van der Waals surface area (Å²) in [5, 5.41) is 25.2. The number of carbonyl (C=O) groups excluding carboxylic acids is 1. The van der Waals surface area contributed by atoms with E-state index >= 15 is 0 Å². The van der Waals surface area contributed by atoms with Gasteiger partial charge in [-0.2, -0.15) is 0 Å². The maximum Gasteiger partial charge on any atom is 0.310 e. The summed E-state index contributed by atoms with van der Waals surface area (Å²) in [7, 11) is 0. The predicted molar refractivity (Wildman–Crippen MR) is 130 cm³/mol. The van der Waals surface area contributed by atoms with Crippen molar-refractivity contribution in [2.24, 2.45) is 5.41 Å². The zero-order valence-corrected chi connectivity index (χ0v) is 20.3. The smallest absolute Gasteiger partial charge is 0.310 e. The second-order valence-electron chi connectivity index (χ2n) is 9.59. The fourth-order valence-corrected chi connectivity index (χ4v) is 5.54. The number of aromatic hydroxyl groups is 1. The van der Waals surface area contributed by atoms with Crippen LogP contribution in [0, 0.1) is 15.5 Å². The minimum Gasteiger partial charge on any atom is -0.502 e. The zero-order valence-electron chi connectivity index (χ0n) is 19.4. The number of nitrogens with one attached hydrogen (secondary N) is 2. The molecule has 0 bridgehead atoms. The van der Waals surface area contributed by atoms with Crippen LogP contribution in [0.15, 0.2) is 39.4 Å². The van der Waals surface area contributed by atoms with Crippen molar-refractivity contribution >= 4 is 29.1 Å². The van der Waals surface area contributed by atoms with Gasteiger partial charge in [0.25, 0.3) is 5.56 Å². The molecule has 3 N–H and O–H groups in total. The molecule has 1 aliphatic heterocycles. The molecule has 1 aliphatic carbocycles. The summed E-state index contributed by atoms with van der Waals surface area (Å²) >= 11 is 1.47. The number of phenols is 1. The minimum absolute atomic E-state index is 0.109. The summed E-state index contributed by atoms with van der Waals surface area (Å²) in [5.74, 6) is -0.208. The number of unbranched alkanes of at least 4 members (excludes halogenated alkanes) is 2. The normalized spacial score (nSPS) is 18.8. The molecule has 0 radical (unpaired) electrons. The van der Waals surface area contributed by atoms with Crippen molar-refractivity contribution in [1.82, 2.24) is 9.97 Å². The van der Waals surface area contributed by atoms with Crippen LogP contribution in [0.3, 0.4) is 0 Å². The minimum atomic E-state index is -0.815. The number of thioether (sulfide) groups is 1. The standard InChI is InChI=1S/C24H28N4O5S/c1-4-5-6-9-34-23-26-21-20(22(31)27-23)18(13-7-8-16(29)15(10-13)28(32)33)19-14(25-21)11-24(2,3)12-17(19)30/h7-8,10,18,29H,4-6,9,11-12H2,1-3H3,(H2,25,26,27,31). The summed E-state index contributed by atoms with van der Waals surface area (Å²) < 4.78 is 0. The van der Waals surface area contributed by atoms with E-state index in [1.165, 1.54) is 30.0 Å². The number of hydrogen-bond donors (Lipinski definition) is 3. The van der Waals surface area contributed by atoms with E-state index in [1.807, 2.05) is 13.8 Å². The highest BCUT2D eigenvalue weighted by Crippen LogP contribution is 2.48. The molecule has 9 nitrogen and oxygen atoms in total. The second-order valence-corrected chi connectivity index (χ2v) is 10.7. The van der Waals surface area contributed by atoms with E-state index < -0.39 is 22.3 Å². The number of nitro groups is 1. The Bertz CT molecular complexity index is 1250. The monoisotopic (exact) mass is 484 g/mol. The average molecular weight is 485 g/mol. The average Bonchev–Trinajstić information content (AvgIpc) is 2.74. The largest absolute Gasteiger partial charge is 0.502 e. The van der Waals surface area contributed by atoms with Crippen molar-refractivity contribution < 1.29 is 14.8 Å².